The second kappa shape index (κ2) is 44.6. The van der Waals surface area contributed by atoms with Crippen LogP contribution < -0.4 is 0 Å². The minimum atomic E-state index is -1.61. The van der Waals surface area contributed by atoms with E-state index >= 15 is 0 Å². The van der Waals surface area contributed by atoms with Crippen molar-refractivity contribution in [1.82, 2.24) is 0 Å². The van der Waals surface area contributed by atoms with Crippen molar-refractivity contribution in [2.45, 2.75) is 252 Å². The molecule has 0 radical (unpaired) electrons. The fraction of sp³-hybridized carbons (Fsp3) is 0.746. The Labute approximate surface area is 456 Å². The number of allylic oxidation sites excluding steroid dienone is 8. The Morgan fingerprint density at radius 2 is 0.574 bits per heavy atom. The van der Waals surface area contributed by atoms with Crippen LogP contribution in [0.1, 0.15) is 224 Å². The molecule has 6 fully saturated rings. The fourth-order valence-electron chi connectivity index (χ4n) is 12.3. The van der Waals surface area contributed by atoms with Gasteiger partial charge in [-0.15, -0.1) is 46.4 Å². The second-order valence-electron chi connectivity index (χ2n) is 20.4. The van der Waals surface area contributed by atoms with Crippen molar-refractivity contribution in [1.29, 1.82) is 0 Å². The van der Waals surface area contributed by atoms with Crippen LogP contribution in [0.2, 0.25) is 0 Å². The molecule has 0 unspecified atom stereocenters. The summed E-state index contributed by atoms with van der Waals surface area (Å²) in [5.74, 6) is 2.25. The fourth-order valence-corrected chi connectivity index (χ4v) is 25.1. The third-order valence-electron chi connectivity index (χ3n) is 15.5. The number of rotatable bonds is 11. The van der Waals surface area contributed by atoms with E-state index in [1.807, 2.05) is 59.2 Å². The molecule has 0 saturated heterocycles. The van der Waals surface area contributed by atoms with E-state index < -0.39 is 13.5 Å². The van der Waals surface area contributed by atoms with Gasteiger partial charge in [0.1, 0.15) is 0 Å². The molecule has 1 aromatic rings. The molecule has 0 atom stereocenters. The van der Waals surface area contributed by atoms with Gasteiger partial charge in [-0.2, -0.15) is 0 Å². The zero-order valence-electron chi connectivity index (χ0n) is 42.5. The Kier molecular flexibility index (Phi) is 41.7. The van der Waals surface area contributed by atoms with Crippen molar-refractivity contribution >= 4 is 86.2 Å². The topological polar surface area (TPSA) is 0 Å². The molecule has 0 spiro atoms. The molecule has 68 heavy (non-hydrogen) atoms. The van der Waals surface area contributed by atoms with Gasteiger partial charge in [-0.25, -0.2) is 0 Å². The summed E-state index contributed by atoms with van der Waals surface area (Å²) in [6.45, 7) is 0. The molecule has 0 aromatic heterocycles. The van der Waals surface area contributed by atoms with Crippen LogP contribution in [-0.4, -0.2) is 62.1 Å². The summed E-state index contributed by atoms with van der Waals surface area (Å²) < 4.78 is 1.92. The van der Waals surface area contributed by atoms with Gasteiger partial charge in [0.2, 0.25) is 0 Å². The van der Waals surface area contributed by atoms with Crippen molar-refractivity contribution in [3.05, 3.63) is 84.5 Å². The number of halogens is 6. The molecule has 0 heterocycles. The van der Waals surface area contributed by atoms with Gasteiger partial charge < -0.3 is 0 Å². The van der Waals surface area contributed by atoms with E-state index in [2.05, 4.69) is 24.3 Å². The van der Waals surface area contributed by atoms with Crippen molar-refractivity contribution in [3.63, 3.8) is 0 Å². The first-order valence-electron chi connectivity index (χ1n) is 28.0. The van der Waals surface area contributed by atoms with Crippen LogP contribution in [0.15, 0.2) is 78.9 Å². The summed E-state index contributed by atoms with van der Waals surface area (Å²) in [5.41, 5.74) is 8.48. The molecule has 7 aliphatic rings. The first-order chi connectivity index (χ1) is 33.5. The predicted octanol–water partition coefficient (Wildman–Crippen LogP) is 21.9. The summed E-state index contributed by atoms with van der Waals surface area (Å²) in [6, 6.07) is 9.89. The average molecular weight is 1180 g/mol. The molecule has 0 bridgehead atoms. The second-order valence-corrected chi connectivity index (χ2v) is 34.2. The van der Waals surface area contributed by atoms with Crippen LogP contribution in [0, 0.1) is 0 Å². The normalized spacial score (nSPS) is 22.4. The zero-order valence-corrected chi connectivity index (χ0v) is 50.8. The van der Waals surface area contributed by atoms with Crippen molar-refractivity contribution in [2.24, 2.45) is 0 Å². The Bertz CT molecular complexity index is 1240. The van der Waals surface area contributed by atoms with Gasteiger partial charge >= 0.3 is 73.4 Å². The van der Waals surface area contributed by atoms with Crippen LogP contribution in [0.25, 0.3) is 0 Å². The molecular formula is C59H98Cl6P2Ru+2. The average Bonchev–Trinajstić information content (AvgIpc) is 3.38. The monoisotopic (exact) mass is 1180 g/mol. The molecule has 7 aliphatic carbocycles. The van der Waals surface area contributed by atoms with Gasteiger partial charge in [-0.3, -0.25) is 0 Å². The van der Waals surface area contributed by atoms with Gasteiger partial charge in [0.15, 0.2) is 0 Å². The van der Waals surface area contributed by atoms with Crippen LogP contribution in [0.5, 0.6) is 0 Å². The molecule has 6 saturated carbocycles. The third-order valence-corrected chi connectivity index (χ3v) is 27.2. The van der Waals surface area contributed by atoms with Crippen LogP contribution in [0.3, 0.4) is 0 Å². The van der Waals surface area contributed by atoms with Crippen LogP contribution >= 0.6 is 81.6 Å². The Hall–Kier alpha value is 1.27. The van der Waals surface area contributed by atoms with E-state index in [1.54, 1.807) is 193 Å². The summed E-state index contributed by atoms with van der Waals surface area (Å²) in [7, 11) is 11.2. The van der Waals surface area contributed by atoms with Crippen molar-refractivity contribution < 1.29 is 13.5 Å². The van der Waals surface area contributed by atoms with Crippen LogP contribution in [-0.2, 0) is 13.5 Å². The molecule has 1 aromatic carbocycles. The molecule has 0 amide bonds. The third kappa shape index (κ3) is 30.0. The Morgan fingerprint density at radius 1 is 0.353 bits per heavy atom. The number of hydrogen-bond donors (Lipinski definition) is 0. The number of hydrogen-bond acceptors (Lipinski definition) is 0. The van der Waals surface area contributed by atoms with E-state index in [0.717, 1.165) is 5.56 Å². The SMILES string of the molecule is C1=CCC/C=C\CC1.C1CCC([PH+](C2CCCCC2)C2CCCCC2)CC1.C1CCC([PH+](C2CCCCC2)C2CCCCC2)CC1.ClC/C=C/CCl.ClC/C=C\CCl.[Cl][Ru]([Cl])=[CH]c1ccccc1. The van der Waals surface area contributed by atoms with E-state index in [4.69, 9.17) is 65.8 Å². The van der Waals surface area contributed by atoms with E-state index in [9.17, 15) is 0 Å². The van der Waals surface area contributed by atoms with Gasteiger partial charge in [0, 0.05) is 39.4 Å². The number of alkyl halides is 4. The van der Waals surface area contributed by atoms with Crippen molar-refractivity contribution in [3.8, 4) is 0 Å². The Balaban J connectivity index is 0.000000232. The summed E-state index contributed by atoms with van der Waals surface area (Å²) in [6.07, 6.45) is 68.8. The molecule has 0 nitrogen and oxygen atoms in total. The predicted molar refractivity (Wildman–Crippen MR) is 319 cm³/mol. The first kappa shape index (κ1) is 63.6. The molecule has 9 heteroatoms. The molecular weight excluding hydrogens is 1080 g/mol. The van der Waals surface area contributed by atoms with Crippen molar-refractivity contribution in [2.75, 3.05) is 23.5 Å². The summed E-state index contributed by atoms with van der Waals surface area (Å²) in [5, 5.41) is 0. The quantitative estimate of drug-likeness (QED) is 0.0897. The van der Waals surface area contributed by atoms with Crippen LogP contribution in [0.4, 0.5) is 0 Å². The number of benzene rings is 1. The maximum absolute atomic E-state index is 5.67. The zero-order chi connectivity index (χ0) is 48.5. The van der Waals surface area contributed by atoms with E-state index in [1.165, 1.54) is 59.6 Å². The van der Waals surface area contributed by atoms with Gasteiger partial charge in [-0.1, -0.05) is 87.1 Å². The maximum atomic E-state index is 5.67. The minimum absolute atomic E-state index is 0.0465. The van der Waals surface area contributed by atoms with E-state index in [0.29, 0.717) is 23.5 Å². The van der Waals surface area contributed by atoms with E-state index in [-0.39, 0.29) is 15.8 Å². The molecule has 0 N–H and O–H groups in total. The molecule has 8 rings (SSSR count). The summed E-state index contributed by atoms with van der Waals surface area (Å²) >= 11 is 19.3. The first-order valence-corrected chi connectivity index (χ1v) is 39.1. The molecule has 0 aliphatic heterocycles. The Morgan fingerprint density at radius 3 is 0.765 bits per heavy atom. The van der Waals surface area contributed by atoms with Gasteiger partial charge in [-0.05, 0) is 180 Å². The standard InChI is InChI=1S/2C18H33P.C8H12.C7H6.2C4H6Cl2.2ClH.Ru/c2*1-4-10-16(11-5-1)19(17-12-6-2-7-13-17)18-14-8-3-9-15-18;1-2-4-6-8-7-5-3-1;1-7-5-3-2-4-6-7;2*5-3-1-2-4-6;;;/h2*16-18H,1-15H2;1-2,7-8H,3-6H2;1-6H;2*1-2H,3-4H2;2*1H;/q;;;;;;;;+2/b;;2-1-,8-7?;;2-1+;2-1-;;;. The molecule has 392 valence electrons. The van der Waals surface area contributed by atoms with Gasteiger partial charge in [0.05, 0.1) is 34.0 Å². The van der Waals surface area contributed by atoms with Gasteiger partial charge in [0.25, 0.3) is 0 Å². The summed E-state index contributed by atoms with van der Waals surface area (Å²) in [4.78, 5) is 0.